The van der Waals surface area contributed by atoms with Gasteiger partial charge < -0.3 is 4.74 Å². The summed E-state index contributed by atoms with van der Waals surface area (Å²) in [7, 11) is 0. The Hall–Kier alpha value is -0.0800. The van der Waals surface area contributed by atoms with E-state index in [1.165, 1.54) is 12.8 Å². The van der Waals surface area contributed by atoms with E-state index in [1.54, 1.807) is 6.92 Å². The van der Waals surface area contributed by atoms with Crippen molar-refractivity contribution in [3.8, 4) is 0 Å². The van der Waals surface area contributed by atoms with E-state index in [4.69, 9.17) is 4.74 Å². The lowest BCUT2D eigenvalue weighted by molar-refractivity contribution is -0.234. The molecular formula is C14H29O2. The predicted molar refractivity (Wildman–Crippen MR) is 67.8 cm³/mol. The molecule has 0 aliphatic heterocycles. The Morgan fingerprint density at radius 3 is 2.12 bits per heavy atom. The van der Waals surface area contributed by atoms with Crippen LogP contribution in [-0.2, 0) is 9.84 Å². The highest BCUT2D eigenvalue weighted by Gasteiger charge is 2.23. The molecule has 1 unspecified atom stereocenters. The molecule has 2 heteroatoms. The van der Waals surface area contributed by atoms with Crippen LogP contribution < -0.4 is 0 Å². The highest BCUT2D eigenvalue weighted by atomic mass is 16.6. The summed E-state index contributed by atoms with van der Waals surface area (Å²) in [5, 5.41) is 11.9. The molecule has 97 valence electrons. The third-order valence-electron chi connectivity index (χ3n) is 3.26. The standard InChI is InChI=1S/C14H29O2/c1-6-13(7-2)9-11-16-14(5,15)10-8-12(3)4/h12-13H,6-11H2,1-5H3. The molecule has 0 bridgehead atoms. The maximum Gasteiger partial charge on any atom is 0.198 e. The maximum atomic E-state index is 11.9. The molecule has 0 N–H and O–H groups in total. The van der Waals surface area contributed by atoms with Crippen molar-refractivity contribution in [2.24, 2.45) is 11.8 Å². The van der Waals surface area contributed by atoms with Crippen molar-refractivity contribution in [3.05, 3.63) is 0 Å². The number of rotatable bonds is 9. The monoisotopic (exact) mass is 229 g/mol. The van der Waals surface area contributed by atoms with Crippen molar-refractivity contribution >= 4 is 0 Å². The van der Waals surface area contributed by atoms with Gasteiger partial charge in [-0.05, 0) is 31.6 Å². The Morgan fingerprint density at radius 2 is 1.69 bits per heavy atom. The van der Waals surface area contributed by atoms with Crippen molar-refractivity contribution in [1.82, 2.24) is 0 Å². The first kappa shape index (κ1) is 15.9. The molecule has 0 spiro atoms. The summed E-state index contributed by atoms with van der Waals surface area (Å²) < 4.78 is 5.46. The molecule has 0 aliphatic carbocycles. The molecule has 0 amide bonds. The largest absolute Gasteiger partial charge is 0.348 e. The summed E-state index contributed by atoms with van der Waals surface area (Å²) >= 11 is 0. The molecule has 1 atom stereocenters. The fourth-order valence-corrected chi connectivity index (χ4v) is 1.76. The number of ether oxygens (including phenoxy) is 1. The summed E-state index contributed by atoms with van der Waals surface area (Å²) in [6.07, 6.45) is 4.95. The van der Waals surface area contributed by atoms with E-state index in [2.05, 4.69) is 27.7 Å². The highest BCUT2D eigenvalue weighted by molar-refractivity contribution is 4.62. The lowest BCUT2D eigenvalue weighted by Gasteiger charge is -2.23. The zero-order valence-corrected chi connectivity index (χ0v) is 11.7. The van der Waals surface area contributed by atoms with Crippen molar-refractivity contribution < 1.29 is 9.84 Å². The van der Waals surface area contributed by atoms with Gasteiger partial charge in [0.05, 0.1) is 6.61 Å². The maximum absolute atomic E-state index is 11.9. The minimum absolute atomic E-state index is 0.580. The van der Waals surface area contributed by atoms with E-state index in [0.717, 1.165) is 12.8 Å². The van der Waals surface area contributed by atoms with Crippen molar-refractivity contribution in [2.45, 2.75) is 72.5 Å². The minimum Gasteiger partial charge on any atom is -0.348 e. The molecule has 0 saturated carbocycles. The van der Waals surface area contributed by atoms with Gasteiger partial charge in [-0.15, -0.1) is 0 Å². The Bertz CT molecular complexity index is 160. The van der Waals surface area contributed by atoms with Crippen molar-refractivity contribution in [3.63, 3.8) is 0 Å². The number of hydrogen-bond acceptors (Lipinski definition) is 1. The molecule has 0 aromatic heterocycles. The van der Waals surface area contributed by atoms with Crippen LogP contribution in [0.2, 0.25) is 0 Å². The van der Waals surface area contributed by atoms with Gasteiger partial charge in [0.2, 0.25) is 0 Å². The SMILES string of the molecule is CCC(CC)CCOC(C)([O])CCC(C)C. The van der Waals surface area contributed by atoms with E-state index in [1.807, 2.05) is 0 Å². The minimum atomic E-state index is -1.18. The van der Waals surface area contributed by atoms with Crippen LogP contribution in [0.15, 0.2) is 0 Å². The highest BCUT2D eigenvalue weighted by Crippen LogP contribution is 2.20. The third-order valence-corrected chi connectivity index (χ3v) is 3.26. The third kappa shape index (κ3) is 8.12. The van der Waals surface area contributed by atoms with E-state index >= 15 is 0 Å². The molecule has 2 nitrogen and oxygen atoms in total. The van der Waals surface area contributed by atoms with Crippen LogP contribution in [0.25, 0.3) is 0 Å². The normalized spacial score (nSPS) is 15.8. The van der Waals surface area contributed by atoms with E-state index in [0.29, 0.717) is 24.9 Å². The van der Waals surface area contributed by atoms with Gasteiger partial charge in [-0.2, -0.15) is 5.11 Å². The zero-order valence-electron chi connectivity index (χ0n) is 11.7. The first-order valence-electron chi connectivity index (χ1n) is 6.75. The van der Waals surface area contributed by atoms with Crippen molar-refractivity contribution in [2.75, 3.05) is 6.61 Å². The van der Waals surface area contributed by atoms with E-state index in [9.17, 15) is 5.11 Å². The lowest BCUT2D eigenvalue weighted by Crippen LogP contribution is -2.28. The van der Waals surface area contributed by atoms with Crippen LogP contribution in [0.4, 0.5) is 0 Å². The summed E-state index contributed by atoms with van der Waals surface area (Å²) in [6, 6.07) is 0. The molecular weight excluding hydrogens is 200 g/mol. The molecule has 0 fully saturated rings. The molecule has 0 aliphatic rings. The van der Waals surface area contributed by atoms with Crippen LogP contribution in [0, 0.1) is 11.8 Å². The van der Waals surface area contributed by atoms with Gasteiger partial charge in [-0.1, -0.05) is 40.5 Å². The predicted octanol–water partition coefficient (Wildman–Crippen LogP) is 4.41. The van der Waals surface area contributed by atoms with Crippen LogP contribution in [0.1, 0.15) is 66.7 Å². The first-order chi connectivity index (χ1) is 7.41. The van der Waals surface area contributed by atoms with Gasteiger partial charge >= 0.3 is 0 Å². The number of hydrogen-bond donors (Lipinski definition) is 0. The Kier molecular flexibility index (Phi) is 8.04. The molecule has 16 heavy (non-hydrogen) atoms. The van der Waals surface area contributed by atoms with E-state index < -0.39 is 5.79 Å². The van der Waals surface area contributed by atoms with Gasteiger partial charge in [0, 0.05) is 6.42 Å². The Labute approximate surface area is 101 Å². The molecule has 0 aromatic rings. The molecule has 0 rings (SSSR count). The van der Waals surface area contributed by atoms with E-state index in [-0.39, 0.29) is 0 Å². The molecule has 0 aromatic carbocycles. The molecule has 1 radical (unpaired) electrons. The average molecular weight is 229 g/mol. The summed E-state index contributed by atoms with van der Waals surface area (Å²) in [5.41, 5.74) is 0. The van der Waals surface area contributed by atoms with Gasteiger partial charge in [-0.25, -0.2) is 0 Å². The average Bonchev–Trinajstić information content (AvgIpc) is 2.22. The van der Waals surface area contributed by atoms with Crippen molar-refractivity contribution in [1.29, 1.82) is 0 Å². The quantitative estimate of drug-likeness (QED) is 0.538. The smallest absolute Gasteiger partial charge is 0.198 e. The summed E-state index contributed by atoms with van der Waals surface area (Å²) in [6.45, 7) is 11.0. The summed E-state index contributed by atoms with van der Waals surface area (Å²) in [5.74, 6) is 0.104. The fraction of sp³-hybridized carbons (Fsp3) is 1.00. The second-order valence-electron chi connectivity index (χ2n) is 5.39. The second-order valence-corrected chi connectivity index (χ2v) is 5.39. The first-order valence-corrected chi connectivity index (χ1v) is 6.75. The Balaban J connectivity index is 3.72. The van der Waals surface area contributed by atoms with Gasteiger partial charge in [-0.3, -0.25) is 0 Å². The molecule has 0 saturated heterocycles. The van der Waals surface area contributed by atoms with Crippen LogP contribution in [0.5, 0.6) is 0 Å². The lowest BCUT2D eigenvalue weighted by atomic mass is 10.00. The van der Waals surface area contributed by atoms with Crippen LogP contribution in [0.3, 0.4) is 0 Å². The summed E-state index contributed by atoms with van der Waals surface area (Å²) in [4.78, 5) is 0. The van der Waals surface area contributed by atoms with Gasteiger partial charge in [0.1, 0.15) is 0 Å². The topological polar surface area (TPSA) is 29.1 Å². The zero-order chi connectivity index (χ0) is 12.6. The van der Waals surface area contributed by atoms with Crippen LogP contribution >= 0.6 is 0 Å². The molecule has 0 heterocycles. The fourth-order valence-electron chi connectivity index (χ4n) is 1.76. The Morgan fingerprint density at radius 1 is 1.12 bits per heavy atom. The van der Waals surface area contributed by atoms with Crippen LogP contribution in [-0.4, -0.2) is 12.4 Å². The van der Waals surface area contributed by atoms with Gasteiger partial charge in [0.15, 0.2) is 5.79 Å². The second kappa shape index (κ2) is 8.08. The van der Waals surface area contributed by atoms with Gasteiger partial charge in [0.25, 0.3) is 0 Å².